The summed E-state index contributed by atoms with van der Waals surface area (Å²) in [4.78, 5) is 29.0. The van der Waals surface area contributed by atoms with Gasteiger partial charge in [0.1, 0.15) is 11.6 Å². The first-order valence-corrected chi connectivity index (χ1v) is 19.4. The number of benzene rings is 7. The zero-order valence-electron chi connectivity index (χ0n) is 33.2. The van der Waals surface area contributed by atoms with E-state index in [4.69, 9.17) is 36.3 Å². The highest BCUT2D eigenvalue weighted by Gasteiger charge is 2.24. The van der Waals surface area contributed by atoms with Crippen molar-refractivity contribution in [3.63, 3.8) is 0 Å². The molecule has 10 aromatic rings. The van der Waals surface area contributed by atoms with Crippen LogP contribution < -0.4 is 0 Å². The molecule has 0 aliphatic carbocycles. The Labute approximate surface area is 355 Å². The van der Waals surface area contributed by atoms with Crippen LogP contribution in [0.2, 0.25) is 0 Å². The first-order chi connectivity index (χ1) is 30.3. The highest BCUT2D eigenvalue weighted by atomic mass is 15.1. The van der Waals surface area contributed by atoms with E-state index in [0.29, 0.717) is 51.3 Å². The molecule has 10 rings (SSSR count). The van der Waals surface area contributed by atoms with Crippen molar-refractivity contribution in [2.24, 2.45) is 0 Å². The number of aromatic nitrogens is 5. The van der Waals surface area contributed by atoms with Gasteiger partial charge < -0.3 is 9.13 Å². The van der Waals surface area contributed by atoms with Crippen molar-refractivity contribution in [2.45, 2.75) is 13.8 Å². The first-order valence-electron chi connectivity index (χ1n) is 19.4. The Bertz CT molecular complexity index is 3710. The third-order valence-electron chi connectivity index (χ3n) is 11.1. The van der Waals surface area contributed by atoms with Gasteiger partial charge in [0.05, 0.1) is 65.8 Å². The second kappa shape index (κ2) is 14.5. The fraction of sp³-hybridized carbons (Fsp3) is 0.0385. The Morgan fingerprint density at radius 3 is 1.47 bits per heavy atom. The largest absolute Gasteiger partial charge is 0.308 e. The van der Waals surface area contributed by atoms with Crippen molar-refractivity contribution in [1.29, 1.82) is 5.26 Å². The molecule has 7 aromatic carbocycles. The van der Waals surface area contributed by atoms with Gasteiger partial charge in [-0.3, -0.25) is 0 Å². The van der Waals surface area contributed by atoms with E-state index >= 15 is 0 Å². The summed E-state index contributed by atoms with van der Waals surface area (Å²) < 4.78 is 4.39. The predicted octanol–water partition coefficient (Wildman–Crippen LogP) is 13.8. The van der Waals surface area contributed by atoms with E-state index in [9.17, 15) is 5.26 Å². The fourth-order valence-electron chi connectivity index (χ4n) is 8.55. The molecule has 10 heteroatoms. The molecular weight excluding hydrogens is 765 g/mol. The minimum absolute atomic E-state index is 0.351. The molecule has 0 unspecified atom stereocenters. The monoisotopic (exact) mass is 792 g/mol. The van der Waals surface area contributed by atoms with Gasteiger partial charge in [0.2, 0.25) is 0 Å². The lowest BCUT2D eigenvalue weighted by atomic mass is 10.0. The van der Waals surface area contributed by atoms with E-state index in [-0.39, 0.29) is 0 Å². The quantitative estimate of drug-likeness (QED) is 0.162. The van der Waals surface area contributed by atoms with E-state index < -0.39 is 0 Å². The van der Waals surface area contributed by atoms with E-state index in [1.807, 2.05) is 62.4 Å². The molecule has 0 bridgehead atoms. The number of fused-ring (bicyclic) bond motifs is 6. The van der Waals surface area contributed by atoms with Crippen LogP contribution in [0.4, 0.5) is 22.7 Å². The minimum Gasteiger partial charge on any atom is -0.308 e. The molecule has 0 atom stereocenters. The molecule has 0 saturated carbocycles. The lowest BCUT2D eigenvalue weighted by Gasteiger charge is -2.20. The molecule has 0 aliphatic rings. The maximum atomic E-state index is 9.87. The van der Waals surface area contributed by atoms with Crippen LogP contribution in [0.5, 0.6) is 0 Å². The number of aryl methyl sites for hydroxylation is 2. The second-order valence-corrected chi connectivity index (χ2v) is 14.8. The maximum absolute atomic E-state index is 9.87. The summed E-state index contributed by atoms with van der Waals surface area (Å²) in [7, 11) is 0. The molecule has 3 aromatic heterocycles. The van der Waals surface area contributed by atoms with E-state index in [1.54, 1.807) is 36.4 Å². The third kappa shape index (κ3) is 5.95. The van der Waals surface area contributed by atoms with Gasteiger partial charge in [-0.05, 0) is 90.7 Å². The number of nitriles is 1. The highest BCUT2D eigenvalue weighted by molar-refractivity contribution is 6.13. The summed E-state index contributed by atoms with van der Waals surface area (Å²) in [6, 6.07) is 45.2. The third-order valence-corrected chi connectivity index (χ3v) is 11.1. The van der Waals surface area contributed by atoms with Gasteiger partial charge in [0.15, 0.2) is 28.6 Å². The molecule has 0 amide bonds. The van der Waals surface area contributed by atoms with Crippen LogP contribution in [0, 0.1) is 51.5 Å². The Morgan fingerprint density at radius 1 is 0.468 bits per heavy atom. The average Bonchev–Trinajstić information content (AvgIpc) is 3.82. The molecule has 0 saturated heterocycles. The normalized spacial score (nSPS) is 11.0. The Kier molecular flexibility index (Phi) is 8.61. The van der Waals surface area contributed by atoms with Crippen molar-refractivity contribution < 1.29 is 0 Å². The van der Waals surface area contributed by atoms with E-state index in [0.717, 1.165) is 77.2 Å². The molecular formula is C52H28N10. The van der Waals surface area contributed by atoms with Crippen molar-refractivity contribution in [2.75, 3.05) is 0 Å². The summed E-state index contributed by atoms with van der Waals surface area (Å²) in [5.74, 6) is 1.45. The summed E-state index contributed by atoms with van der Waals surface area (Å²) in [5.41, 5.74) is 10.6. The van der Waals surface area contributed by atoms with Crippen LogP contribution in [-0.2, 0) is 0 Å². The molecule has 10 nitrogen and oxygen atoms in total. The van der Waals surface area contributed by atoms with Crippen LogP contribution in [-0.4, -0.2) is 24.1 Å². The molecule has 0 radical (unpaired) electrons. The molecule has 0 aliphatic heterocycles. The van der Waals surface area contributed by atoms with Crippen LogP contribution in [0.25, 0.3) is 108 Å². The number of hydrogen-bond donors (Lipinski definition) is 0. The molecule has 0 N–H and O–H groups in total. The summed E-state index contributed by atoms with van der Waals surface area (Å²) in [6.45, 7) is 35.4. The molecule has 0 spiro atoms. The van der Waals surface area contributed by atoms with Crippen molar-refractivity contribution in [1.82, 2.24) is 24.1 Å². The number of para-hydroxylation sites is 2. The minimum atomic E-state index is 0.351. The van der Waals surface area contributed by atoms with Crippen LogP contribution >= 0.6 is 0 Å². The Balaban J connectivity index is 1.35. The van der Waals surface area contributed by atoms with Gasteiger partial charge in [-0.1, -0.05) is 78.9 Å². The van der Waals surface area contributed by atoms with Crippen LogP contribution in [0.1, 0.15) is 17.2 Å². The standard InChI is InChI=1S/C52H28N10/c1-30-58-31(2)60-52(59-30)44-27-50(61-46-13-9-7-11-40(46)42-17-15-33(24-48(42)61)35-19-32(29-53)20-37(21-35)54-3)51(28-45(44)57-6)62-47-14-10-8-12-41(47)43-18-16-34(25-49(43)62)36-22-38(55-4)26-39(23-36)56-5/h7-28H,1-2H3. The number of hydrogen-bond acceptors (Lipinski definition) is 4. The molecule has 0 fully saturated rings. The fourth-order valence-corrected chi connectivity index (χ4v) is 8.55. The van der Waals surface area contributed by atoms with E-state index in [2.05, 4.69) is 88.1 Å². The number of rotatable bonds is 5. The van der Waals surface area contributed by atoms with Gasteiger partial charge in [-0.15, -0.1) is 0 Å². The van der Waals surface area contributed by atoms with Gasteiger partial charge in [-0.2, -0.15) is 5.26 Å². The SMILES string of the molecule is [C-]#[N+]c1cc(C#N)cc(-c2ccc3c4ccccc4n(-c4cc(-c5nc(C)nc(C)n5)c([N+]#[C-])cc4-n4c5ccccc5c5ccc(-c6cc([N+]#[C-])cc([N+]#[C-])c6)cc54)c3c2)c1. The molecule has 3 heterocycles. The Hall–Kier alpha value is -9.40. The van der Waals surface area contributed by atoms with E-state index in [1.165, 1.54) is 0 Å². The van der Waals surface area contributed by atoms with Gasteiger partial charge in [-0.25, -0.2) is 34.3 Å². The van der Waals surface area contributed by atoms with Crippen LogP contribution in [0.15, 0.2) is 133 Å². The zero-order chi connectivity index (χ0) is 42.6. The topological polar surface area (TPSA) is 89.8 Å². The van der Waals surface area contributed by atoms with Crippen molar-refractivity contribution >= 4 is 66.4 Å². The summed E-state index contributed by atoms with van der Waals surface area (Å²) in [5, 5.41) is 13.9. The van der Waals surface area contributed by atoms with Gasteiger partial charge in [0.25, 0.3) is 0 Å². The molecule has 62 heavy (non-hydrogen) atoms. The molecule has 286 valence electrons. The van der Waals surface area contributed by atoms with Gasteiger partial charge >= 0.3 is 0 Å². The summed E-state index contributed by atoms with van der Waals surface area (Å²) in [6.07, 6.45) is 0. The predicted molar refractivity (Wildman–Crippen MR) is 244 cm³/mol. The summed E-state index contributed by atoms with van der Waals surface area (Å²) >= 11 is 0. The van der Waals surface area contributed by atoms with Gasteiger partial charge in [0, 0.05) is 32.7 Å². The highest BCUT2D eigenvalue weighted by Crippen LogP contribution is 2.44. The average molecular weight is 793 g/mol. The van der Waals surface area contributed by atoms with Crippen molar-refractivity contribution in [3.8, 4) is 51.1 Å². The second-order valence-electron chi connectivity index (χ2n) is 14.8. The van der Waals surface area contributed by atoms with Crippen LogP contribution in [0.3, 0.4) is 0 Å². The smallest absolute Gasteiger partial charge is 0.200 e. The lowest BCUT2D eigenvalue weighted by molar-refractivity contribution is 0.928. The maximum Gasteiger partial charge on any atom is 0.200 e. The van der Waals surface area contributed by atoms with Crippen molar-refractivity contribution in [3.05, 3.63) is 196 Å². The Morgan fingerprint density at radius 2 is 0.952 bits per heavy atom. The number of nitrogens with zero attached hydrogens (tertiary/aromatic N) is 10. The first kappa shape index (κ1) is 36.9. The zero-order valence-corrected chi connectivity index (χ0v) is 33.2. The lowest BCUT2D eigenvalue weighted by Crippen LogP contribution is -2.06.